The Balaban J connectivity index is 1.07. The van der Waals surface area contributed by atoms with Crippen molar-refractivity contribution in [3.63, 3.8) is 0 Å². The summed E-state index contributed by atoms with van der Waals surface area (Å²) in [5.41, 5.74) is 14.3. The van der Waals surface area contributed by atoms with Crippen LogP contribution < -0.4 is 14.5 Å². The van der Waals surface area contributed by atoms with Gasteiger partial charge < -0.3 is 14.5 Å². The Morgan fingerprint density at radius 2 is 1.16 bits per heavy atom. The number of aromatic nitrogens is 2. The highest BCUT2D eigenvalue weighted by Crippen LogP contribution is 2.50. The molecule has 0 N–H and O–H groups in total. The number of hydrogen-bond acceptors (Lipinski definition) is 4. The van der Waals surface area contributed by atoms with Gasteiger partial charge in [-0.05, 0) is 124 Å². The van der Waals surface area contributed by atoms with Gasteiger partial charge in [0.15, 0.2) is 0 Å². The van der Waals surface area contributed by atoms with Crippen molar-refractivity contribution in [2.24, 2.45) is 0 Å². The SMILES string of the molecule is Cc1cc2cc3c(cc2cc1C)N(c1cc(C(C)(C)C)ccc1-c1ccccc1)CN3c1cccc(Oc2ccc3c4ccccc4n(-c4cc(C(C)(C)C)ccn4)c3c2)c1. The standard InChI is InChI=1S/C56H52N4O/c1-36-27-39-29-52-53(30-40(39)28-37(36)2)59(50-31-41(55(3,4)5)21-23-46(50)38-15-10-9-11-16-38)35-58(52)43-17-14-18-44(33-43)61-45-22-24-48-47-19-12-13-20-49(47)60(51(48)34-45)54-32-42(25-26-57-54)56(6,7)8/h9-34H,35H2,1-8H3. The lowest BCUT2D eigenvalue weighted by atomic mass is 9.85. The molecule has 302 valence electrons. The minimum atomic E-state index is -0.0136. The molecule has 1 aliphatic heterocycles. The van der Waals surface area contributed by atoms with E-state index in [9.17, 15) is 0 Å². The second-order valence-electron chi connectivity index (χ2n) is 18.8. The summed E-state index contributed by atoms with van der Waals surface area (Å²) in [6, 6.07) is 55.1. The molecule has 0 bridgehead atoms. The number of pyridine rings is 1. The summed E-state index contributed by atoms with van der Waals surface area (Å²) in [5.74, 6) is 2.45. The van der Waals surface area contributed by atoms with Gasteiger partial charge >= 0.3 is 0 Å². The molecule has 10 rings (SSSR count). The Kier molecular flexibility index (Phi) is 9.06. The van der Waals surface area contributed by atoms with Gasteiger partial charge in [0.05, 0.1) is 28.1 Å². The number of fused-ring (bicyclic) bond motifs is 5. The summed E-state index contributed by atoms with van der Waals surface area (Å²) < 4.78 is 9.07. The van der Waals surface area contributed by atoms with Crippen LogP contribution in [-0.4, -0.2) is 16.2 Å². The summed E-state index contributed by atoms with van der Waals surface area (Å²) in [4.78, 5) is 9.83. The molecule has 0 saturated carbocycles. The highest BCUT2D eigenvalue weighted by molar-refractivity contribution is 6.09. The Morgan fingerprint density at radius 1 is 0.508 bits per heavy atom. The highest BCUT2D eigenvalue weighted by atomic mass is 16.5. The molecule has 5 heteroatoms. The van der Waals surface area contributed by atoms with Gasteiger partial charge in [-0.3, -0.25) is 4.57 Å². The highest BCUT2D eigenvalue weighted by Gasteiger charge is 2.32. The van der Waals surface area contributed by atoms with Gasteiger partial charge in [-0.15, -0.1) is 0 Å². The topological polar surface area (TPSA) is 33.5 Å². The zero-order chi connectivity index (χ0) is 42.2. The summed E-state index contributed by atoms with van der Waals surface area (Å²) >= 11 is 0. The van der Waals surface area contributed by atoms with E-state index < -0.39 is 0 Å². The number of hydrogen-bond donors (Lipinski definition) is 0. The van der Waals surface area contributed by atoms with Crippen LogP contribution in [0.4, 0.5) is 22.7 Å². The predicted molar refractivity (Wildman–Crippen MR) is 257 cm³/mol. The third kappa shape index (κ3) is 6.88. The van der Waals surface area contributed by atoms with Crippen LogP contribution in [-0.2, 0) is 10.8 Å². The molecule has 0 atom stereocenters. The van der Waals surface area contributed by atoms with Gasteiger partial charge in [0.25, 0.3) is 0 Å². The third-order valence-electron chi connectivity index (χ3n) is 12.5. The maximum Gasteiger partial charge on any atom is 0.137 e. The molecular weight excluding hydrogens is 745 g/mol. The lowest BCUT2D eigenvalue weighted by molar-refractivity contribution is 0.483. The quantitative estimate of drug-likeness (QED) is 0.168. The van der Waals surface area contributed by atoms with E-state index in [1.165, 1.54) is 66.6 Å². The van der Waals surface area contributed by atoms with Crippen LogP contribution in [0.1, 0.15) is 63.8 Å². The predicted octanol–water partition coefficient (Wildman–Crippen LogP) is 15.3. The number of ether oxygens (including phenoxy) is 1. The van der Waals surface area contributed by atoms with Crippen LogP contribution in [0.15, 0.2) is 158 Å². The average Bonchev–Trinajstić information content (AvgIpc) is 3.78. The molecule has 0 amide bonds. The van der Waals surface area contributed by atoms with E-state index in [-0.39, 0.29) is 10.8 Å². The van der Waals surface area contributed by atoms with E-state index in [1.807, 2.05) is 6.20 Å². The zero-order valence-corrected chi connectivity index (χ0v) is 36.4. The van der Waals surface area contributed by atoms with E-state index in [0.717, 1.165) is 39.4 Å². The van der Waals surface area contributed by atoms with Gasteiger partial charge in [-0.2, -0.15) is 0 Å². The maximum atomic E-state index is 6.81. The average molecular weight is 797 g/mol. The number of rotatable bonds is 6. The van der Waals surface area contributed by atoms with E-state index >= 15 is 0 Å². The molecule has 7 aromatic carbocycles. The van der Waals surface area contributed by atoms with Crippen LogP contribution in [0.2, 0.25) is 0 Å². The first-order valence-corrected chi connectivity index (χ1v) is 21.4. The number of anilines is 4. The first kappa shape index (κ1) is 38.4. The fraction of sp³-hybridized carbons (Fsp3) is 0.196. The van der Waals surface area contributed by atoms with Crippen molar-refractivity contribution in [3.05, 3.63) is 180 Å². The monoisotopic (exact) mass is 796 g/mol. The molecule has 2 aromatic heterocycles. The van der Waals surface area contributed by atoms with E-state index in [4.69, 9.17) is 9.72 Å². The first-order valence-electron chi connectivity index (χ1n) is 21.4. The summed E-state index contributed by atoms with van der Waals surface area (Å²) in [5, 5.41) is 4.83. The van der Waals surface area contributed by atoms with Crippen LogP contribution in [0.3, 0.4) is 0 Å². The van der Waals surface area contributed by atoms with Crippen molar-refractivity contribution in [3.8, 4) is 28.4 Å². The summed E-state index contributed by atoms with van der Waals surface area (Å²) in [6.07, 6.45) is 1.93. The Labute approximate surface area is 359 Å². The molecule has 61 heavy (non-hydrogen) atoms. The molecular formula is C56H52N4O. The molecule has 0 fully saturated rings. The number of nitrogens with zero attached hydrogens (tertiary/aromatic N) is 4. The second kappa shape index (κ2) is 14.4. The van der Waals surface area contributed by atoms with E-state index in [0.29, 0.717) is 6.67 Å². The van der Waals surface area contributed by atoms with Crippen LogP contribution in [0, 0.1) is 13.8 Å². The molecule has 0 unspecified atom stereocenters. The molecule has 0 radical (unpaired) electrons. The van der Waals surface area contributed by atoms with Crippen LogP contribution >= 0.6 is 0 Å². The summed E-state index contributed by atoms with van der Waals surface area (Å²) in [7, 11) is 0. The Hall–Kier alpha value is -6.85. The normalized spacial score (nSPS) is 13.1. The Morgan fingerprint density at radius 3 is 1.90 bits per heavy atom. The van der Waals surface area contributed by atoms with Crippen molar-refractivity contribution in [2.75, 3.05) is 16.5 Å². The molecule has 0 aliphatic carbocycles. The third-order valence-corrected chi connectivity index (χ3v) is 12.5. The molecule has 9 aromatic rings. The van der Waals surface area contributed by atoms with Crippen molar-refractivity contribution in [1.82, 2.24) is 9.55 Å². The fourth-order valence-electron chi connectivity index (χ4n) is 8.91. The lowest BCUT2D eigenvalue weighted by Crippen LogP contribution is -2.25. The zero-order valence-electron chi connectivity index (χ0n) is 36.4. The van der Waals surface area contributed by atoms with E-state index in [1.54, 1.807) is 0 Å². The summed E-state index contributed by atoms with van der Waals surface area (Å²) in [6.45, 7) is 18.7. The minimum absolute atomic E-state index is 0.00560. The van der Waals surface area contributed by atoms with Gasteiger partial charge in [0.2, 0.25) is 0 Å². The molecule has 0 saturated heterocycles. The minimum Gasteiger partial charge on any atom is -0.457 e. The smallest absolute Gasteiger partial charge is 0.137 e. The maximum absolute atomic E-state index is 6.81. The van der Waals surface area contributed by atoms with Crippen molar-refractivity contribution < 1.29 is 4.74 Å². The van der Waals surface area contributed by atoms with Gasteiger partial charge in [-0.25, -0.2) is 4.98 Å². The Bertz CT molecular complexity index is 3150. The first-order chi connectivity index (χ1) is 29.3. The fourth-order valence-corrected chi connectivity index (χ4v) is 8.91. The van der Waals surface area contributed by atoms with Crippen LogP contribution in [0.25, 0.3) is 49.5 Å². The second-order valence-corrected chi connectivity index (χ2v) is 18.8. The van der Waals surface area contributed by atoms with Crippen molar-refractivity contribution >= 4 is 55.3 Å². The largest absolute Gasteiger partial charge is 0.457 e. The number of benzene rings is 7. The van der Waals surface area contributed by atoms with Crippen molar-refractivity contribution in [2.45, 2.75) is 66.2 Å². The lowest BCUT2D eigenvalue weighted by Gasteiger charge is -2.28. The molecule has 5 nitrogen and oxygen atoms in total. The molecule has 3 heterocycles. The van der Waals surface area contributed by atoms with Crippen LogP contribution in [0.5, 0.6) is 11.5 Å². The van der Waals surface area contributed by atoms with Gasteiger partial charge in [0.1, 0.15) is 24.0 Å². The van der Waals surface area contributed by atoms with Gasteiger partial charge in [0, 0.05) is 40.4 Å². The van der Waals surface area contributed by atoms with Crippen molar-refractivity contribution in [1.29, 1.82) is 0 Å². The van der Waals surface area contributed by atoms with Gasteiger partial charge in [-0.1, -0.05) is 120 Å². The van der Waals surface area contributed by atoms with E-state index in [2.05, 4.69) is 221 Å². The molecule has 0 spiro atoms. The number of aryl methyl sites for hydroxylation is 2. The number of para-hydroxylation sites is 1. The molecule has 1 aliphatic rings.